The van der Waals surface area contributed by atoms with E-state index in [0.717, 1.165) is 11.0 Å². The van der Waals surface area contributed by atoms with Crippen LogP contribution in [0, 0.1) is 0 Å². The molecule has 4 rings (SSSR count). The van der Waals surface area contributed by atoms with E-state index in [0.29, 0.717) is 22.3 Å². The number of para-hydroxylation sites is 2. The number of aromatic nitrogens is 1. The zero-order valence-corrected chi connectivity index (χ0v) is 15.4. The SMILES string of the molecule is O[C@H](COc1ccc(Cl)cc1Cl)Cn1c2ccccc2c2ccccc21. The van der Waals surface area contributed by atoms with Gasteiger partial charge >= 0.3 is 0 Å². The molecule has 0 fully saturated rings. The van der Waals surface area contributed by atoms with Crippen LogP contribution in [0.5, 0.6) is 5.75 Å². The summed E-state index contributed by atoms with van der Waals surface area (Å²) in [6, 6.07) is 21.5. The lowest BCUT2D eigenvalue weighted by Gasteiger charge is -2.15. The second-order valence-electron chi connectivity index (χ2n) is 6.18. The predicted octanol–water partition coefficient (Wildman–Crippen LogP) is 5.54. The van der Waals surface area contributed by atoms with Crippen molar-refractivity contribution < 1.29 is 9.84 Å². The second kappa shape index (κ2) is 7.20. The van der Waals surface area contributed by atoms with Crippen molar-refractivity contribution in [3.05, 3.63) is 76.8 Å². The highest BCUT2D eigenvalue weighted by Crippen LogP contribution is 2.30. The first-order chi connectivity index (χ1) is 12.6. The van der Waals surface area contributed by atoms with Crippen molar-refractivity contribution >= 4 is 45.0 Å². The van der Waals surface area contributed by atoms with Crippen molar-refractivity contribution in [3.8, 4) is 5.75 Å². The van der Waals surface area contributed by atoms with Crippen LogP contribution in [-0.4, -0.2) is 22.4 Å². The number of benzene rings is 3. The molecule has 5 heteroatoms. The van der Waals surface area contributed by atoms with Crippen LogP contribution < -0.4 is 4.74 Å². The highest BCUT2D eigenvalue weighted by Gasteiger charge is 2.14. The summed E-state index contributed by atoms with van der Waals surface area (Å²) in [5, 5.41) is 13.9. The minimum Gasteiger partial charge on any atom is -0.489 e. The number of aliphatic hydroxyl groups is 1. The van der Waals surface area contributed by atoms with Gasteiger partial charge in [0.25, 0.3) is 0 Å². The zero-order valence-electron chi connectivity index (χ0n) is 13.9. The summed E-state index contributed by atoms with van der Waals surface area (Å²) in [6.45, 7) is 0.571. The van der Waals surface area contributed by atoms with E-state index in [9.17, 15) is 5.11 Å². The van der Waals surface area contributed by atoms with E-state index in [1.807, 2.05) is 24.3 Å². The average Bonchev–Trinajstić information content (AvgIpc) is 2.95. The maximum Gasteiger partial charge on any atom is 0.138 e. The van der Waals surface area contributed by atoms with E-state index in [1.165, 1.54) is 10.8 Å². The Morgan fingerprint density at radius 1 is 0.885 bits per heavy atom. The first-order valence-corrected chi connectivity index (χ1v) is 9.11. The number of halogens is 2. The fourth-order valence-electron chi connectivity index (χ4n) is 3.24. The van der Waals surface area contributed by atoms with Crippen molar-refractivity contribution in [1.82, 2.24) is 4.57 Å². The van der Waals surface area contributed by atoms with Crippen LogP contribution in [-0.2, 0) is 6.54 Å². The molecule has 1 heterocycles. The Bertz CT molecular complexity index is 1020. The lowest BCUT2D eigenvalue weighted by atomic mass is 10.2. The summed E-state index contributed by atoms with van der Waals surface area (Å²) >= 11 is 12.0. The summed E-state index contributed by atoms with van der Waals surface area (Å²) in [5.74, 6) is 0.511. The van der Waals surface area contributed by atoms with E-state index < -0.39 is 6.10 Å². The summed E-state index contributed by atoms with van der Waals surface area (Å²) < 4.78 is 7.80. The summed E-state index contributed by atoms with van der Waals surface area (Å²) in [6.07, 6.45) is -0.680. The van der Waals surface area contributed by atoms with E-state index >= 15 is 0 Å². The molecule has 0 saturated carbocycles. The largest absolute Gasteiger partial charge is 0.489 e. The monoisotopic (exact) mass is 385 g/mol. The van der Waals surface area contributed by atoms with Crippen LogP contribution in [0.1, 0.15) is 0 Å². The van der Waals surface area contributed by atoms with Crippen LogP contribution in [0.15, 0.2) is 66.7 Å². The minimum atomic E-state index is -0.680. The lowest BCUT2D eigenvalue weighted by molar-refractivity contribution is 0.0945. The van der Waals surface area contributed by atoms with E-state index in [1.54, 1.807) is 18.2 Å². The molecule has 1 aromatic heterocycles. The molecule has 0 spiro atoms. The Labute approximate surface area is 161 Å². The van der Waals surface area contributed by atoms with Gasteiger partial charge in [-0.1, -0.05) is 59.6 Å². The fourth-order valence-corrected chi connectivity index (χ4v) is 3.70. The average molecular weight is 386 g/mol. The van der Waals surface area contributed by atoms with Crippen LogP contribution in [0.4, 0.5) is 0 Å². The molecule has 0 unspecified atom stereocenters. The Balaban J connectivity index is 1.58. The Kier molecular flexibility index (Phi) is 4.77. The van der Waals surface area contributed by atoms with E-state index in [4.69, 9.17) is 27.9 Å². The molecule has 0 radical (unpaired) electrons. The number of fused-ring (bicyclic) bond motifs is 3. The van der Waals surface area contributed by atoms with Crippen molar-refractivity contribution in [3.63, 3.8) is 0 Å². The molecule has 0 saturated heterocycles. The summed E-state index contributed by atoms with van der Waals surface area (Å²) in [7, 11) is 0. The maximum atomic E-state index is 10.5. The maximum absolute atomic E-state index is 10.5. The predicted molar refractivity (Wildman–Crippen MR) is 107 cm³/mol. The van der Waals surface area contributed by atoms with Gasteiger partial charge in [0.15, 0.2) is 0 Å². The Morgan fingerprint density at radius 2 is 1.50 bits per heavy atom. The van der Waals surface area contributed by atoms with Gasteiger partial charge in [0.05, 0.1) is 11.6 Å². The zero-order chi connectivity index (χ0) is 18.1. The molecule has 26 heavy (non-hydrogen) atoms. The van der Waals surface area contributed by atoms with E-state index in [2.05, 4.69) is 28.8 Å². The number of rotatable bonds is 5. The molecule has 0 aliphatic heterocycles. The number of hydrogen-bond donors (Lipinski definition) is 1. The molecule has 4 aromatic rings. The minimum absolute atomic E-state index is 0.141. The molecule has 0 aliphatic carbocycles. The third kappa shape index (κ3) is 3.26. The first-order valence-electron chi connectivity index (χ1n) is 8.35. The molecule has 3 aromatic carbocycles. The molecule has 0 bridgehead atoms. The van der Waals surface area contributed by atoms with Gasteiger partial charge in [-0.25, -0.2) is 0 Å². The van der Waals surface area contributed by atoms with Crippen molar-refractivity contribution in [2.24, 2.45) is 0 Å². The van der Waals surface area contributed by atoms with Crippen LogP contribution in [0.25, 0.3) is 21.8 Å². The summed E-state index contributed by atoms with van der Waals surface area (Å²) in [5.41, 5.74) is 2.19. The van der Waals surface area contributed by atoms with Crippen LogP contribution in [0.2, 0.25) is 10.0 Å². The molecule has 3 nitrogen and oxygen atoms in total. The molecule has 1 N–H and O–H groups in total. The van der Waals surface area contributed by atoms with Crippen molar-refractivity contribution in [2.75, 3.05) is 6.61 Å². The number of ether oxygens (including phenoxy) is 1. The molecule has 132 valence electrons. The fraction of sp³-hybridized carbons (Fsp3) is 0.143. The smallest absolute Gasteiger partial charge is 0.138 e. The normalized spacial score (nSPS) is 12.6. The van der Waals surface area contributed by atoms with Gasteiger partial charge in [-0.15, -0.1) is 0 Å². The first kappa shape index (κ1) is 17.2. The molecule has 0 amide bonds. The highest BCUT2D eigenvalue weighted by molar-refractivity contribution is 6.35. The van der Waals surface area contributed by atoms with Gasteiger partial charge in [-0.2, -0.15) is 0 Å². The number of aliphatic hydroxyl groups excluding tert-OH is 1. The van der Waals surface area contributed by atoms with Crippen molar-refractivity contribution in [1.29, 1.82) is 0 Å². The molecular weight excluding hydrogens is 369 g/mol. The van der Waals surface area contributed by atoms with E-state index in [-0.39, 0.29) is 6.61 Å². The second-order valence-corrected chi connectivity index (χ2v) is 7.03. The molecule has 0 aliphatic rings. The Morgan fingerprint density at radius 3 is 2.12 bits per heavy atom. The van der Waals surface area contributed by atoms with Gasteiger partial charge in [0.2, 0.25) is 0 Å². The van der Waals surface area contributed by atoms with Gasteiger partial charge in [0.1, 0.15) is 18.5 Å². The topological polar surface area (TPSA) is 34.4 Å². The molecular formula is C21H17Cl2NO2. The quantitative estimate of drug-likeness (QED) is 0.489. The van der Waals surface area contributed by atoms with Crippen molar-refractivity contribution in [2.45, 2.75) is 12.6 Å². The Hall–Kier alpha value is -2.20. The summed E-state index contributed by atoms with van der Waals surface area (Å²) in [4.78, 5) is 0. The third-order valence-electron chi connectivity index (χ3n) is 4.40. The van der Waals surface area contributed by atoms with Gasteiger partial charge in [-0.3, -0.25) is 0 Å². The van der Waals surface area contributed by atoms with Gasteiger partial charge < -0.3 is 14.4 Å². The van der Waals surface area contributed by atoms with Crippen LogP contribution >= 0.6 is 23.2 Å². The standard InChI is InChI=1S/C21H17Cl2NO2/c22-14-9-10-21(18(23)11-14)26-13-15(25)12-24-19-7-3-1-5-16(19)17-6-2-4-8-20(17)24/h1-11,15,25H,12-13H2/t15-/m0/s1. The molecule has 1 atom stereocenters. The lowest BCUT2D eigenvalue weighted by Crippen LogP contribution is -2.23. The number of nitrogens with zero attached hydrogens (tertiary/aromatic N) is 1. The highest BCUT2D eigenvalue weighted by atomic mass is 35.5. The van der Waals surface area contributed by atoms with Crippen LogP contribution in [0.3, 0.4) is 0 Å². The number of hydrogen-bond acceptors (Lipinski definition) is 2. The van der Waals surface area contributed by atoms with Gasteiger partial charge in [0, 0.05) is 26.8 Å². The van der Waals surface area contributed by atoms with Gasteiger partial charge in [-0.05, 0) is 30.3 Å². The third-order valence-corrected chi connectivity index (χ3v) is 4.93.